The number of carbonyl (C=O) groups is 1. The van der Waals surface area contributed by atoms with Crippen LogP contribution in [0.25, 0.3) is 0 Å². The second kappa shape index (κ2) is 4.41. The molecule has 18 heavy (non-hydrogen) atoms. The van der Waals surface area contributed by atoms with Crippen molar-refractivity contribution in [3.05, 3.63) is 52.8 Å². The molecule has 3 heteroatoms. The Labute approximate surface area is 106 Å². The largest absolute Gasteiger partial charge is 0.292 e. The van der Waals surface area contributed by atoms with Crippen LogP contribution in [0.4, 0.5) is 0 Å². The standard InChI is InChI=1S/C15H16N2O/c1-17-8-7-14(16-17)15(18)10-11-5-6-12-3-2-4-13(12)9-11/h5-9H,2-4,10H2,1H3. The van der Waals surface area contributed by atoms with Gasteiger partial charge in [0.05, 0.1) is 0 Å². The van der Waals surface area contributed by atoms with Gasteiger partial charge in [-0.1, -0.05) is 18.2 Å². The number of nitrogens with zero attached hydrogens (tertiary/aromatic N) is 2. The maximum absolute atomic E-state index is 12.1. The molecule has 0 saturated heterocycles. The van der Waals surface area contributed by atoms with Crippen molar-refractivity contribution in [3.8, 4) is 0 Å². The predicted molar refractivity (Wildman–Crippen MR) is 69.7 cm³/mol. The Morgan fingerprint density at radius 2 is 2.11 bits per heavy atom. The van der Waals surface area contributed by atoms with E-state index in [2.05, 4.69) is 23.3 Å². The molecule has 0 aliphatic heterocycles. The highest BCUT2D eigenvalue weighted by Gasteiger charge is 2.14. The third-order valence-electron chi connectivity index (χ3n) is 3.53. The van der Waals surface area contributed by atoms with E-state index in [1.165, 1.54) is 24.0 Å². The number of aromatic nitrogens is 2. The summed E-state index contributed by atoms with van der Waals surface area (Å²) in [6, 6.07) is 8.20. The minimum atomic E-state index is 0.0912. The molecule has 1 aliphatic carbocycles. The number of fused-ring (bicyclic) bond motifs is 1. The topological polar surface area (TPSA) is 34.9 Å². The molecule has 0 saturated carbocycles. The number of hydrogen-bond acceptors (Lipinski definition) is 2. The average molecular weight is 240 g/mol. The monoisotopic (exact) mass is 240 g/mol. The molecule has 0 N–H and O–H groups in total. The van der Waals surface area contributed by atoms with Crippen LogP contribution in [0, 0.1) is 0 Å². The number of hydrogen-bond donors (Lipinski definition) is 0. The van der Waals surface area contributed by atoms with E-state index in [1.807, 2.05) is 7.05 Å². The highest BCUT2D eigenvalue weighted by Crippen LogP contribution is 2.23. The summed E-state index contributed by atoms with van der Waals surface area (Å²) >= 11 is 0. The minimum Gasteiger partial charge on any atom is -0.292 e. The van der Waals surface area contributed by atoms with Gasteiger partial charge in [-0.25, -0.2) is 0 Å². The summed E-state index contributed by atoms with van der Waals surface area (Å²) in [5.41, 5.74) is 4.52. The second-order valence-corrected chi connectivity index (χ2v) is 4.93. The van der Waals surface area contributed by atoms with Crippen LogP contribution in [0.5, 0.6) is 0 Å². The third kappa shape index (κ3) is 2.08. The molecule has 0 amide bonds. The van der Waals surface area contributed by atoms with Gasteiger partial charge in [-0.05, 0) is 42.0 Å². The van der Waals surface area contributed by atoms with E-state index in [0.29, 0.717) is 12.1 Å². The summed E-state index contributed by atoms with van der Waals surface area (Å²) in [5, 5.41) is 4.15. The number of benzene rings is 1. The first-order valence-corrected chi connectivity index (χ1v) is 6.36. The number of Topliss-reactive ketones (excluding diaryl/α,β-unsaturated/α-hetero) is 1. The van der Waals surface area contributed by atoms with Gasteiger partial charge in [-0.15, -0.1) is 0 Å². The maximum atomic E-state index is 12.1. The molecule has 0 fully saturated rings. The van der Waals surface area contributed by atoms with Crippen LogP contribution >= 0.6 is 0 Å². The van der Waals surface area contributed by atoms with Crippen molar-refractivity contribution >= 4 is 5.78 Å². The van der Waals surface area contributed by atoms with Gasteiger partial charge >= 0.3 is 0 Å². The summed E-state index contributed by atoms with van der Waals surface area (Å²) in [6.45, 7) is 0. The van der Waals surface area contributed by atoms with Crippen LogP contribution in [0.2, 0.25) is 0 Å². The van der Waals surface area contributed by atoms with Crippen LogP contribution in [-0.4, -0.2) is 15.6 Å². The van der Waals surface area contributed by atoms with Crippen molar-refractivity contribution in [1.82, 2.24) is 9.78 Å². The summed E-state index contributed by atoms with van der Waals surface area (Å²) in [4.78, 5) is 12.1. The maximum Gasteiger partial charge on any atom is 0.187 e. The molecule has 3 rings (SSSR count). The van der Waals surface area contributed by atoms with Crippen molar-refractivity contribution < 1.29 is 4.79 Å². The quantitative estimate of drug-likeness (QED) is 0.772. The van der Waals surface area contributed by atoms with E-state index in [1.54, 1.807) is 16.9 Å². The first kappa shape index (κ1) is 11.2. The number of carbonyl (C=O) groups excluding carboxylic acids is 1. The molecule has 0 bridgehead atoms. The molecule has 0 radical (unpaired) electrons. The number of ketones is 1. The third-order valence-corrected chi connectivity index (χ3v) is 3.53. The van der Waals surface area contributed by atoms with Crippen LogP contribution in [-0.2, 0) is 26.3 Å². The molecule has 0 spiro atoms. The van der Waals surface area contributed by atoms with E-state index in [0.717, 1.165) is 12.0 Å². The van der Waals surface area contributed by atoms with Gasteiger partial charge in [-0.3, -0.25) is 9.48 Å². The zero-order valence-electron chi connectivity index (χ0n) is 10.5. The molecule has 1 heterocycles. The van der Waals surface area contributed by atoms with E-state index >= 15 is 0 Å². The van der Waals surface area contributed by atoms with Crippen molar-refractivity contribution in [3.63, 3.8) is 0 Å². The average Bonchev–Trinajstić information content (AvgIpc) is 2.96. The van der Waals surface area contributed by atoms with Crippen LogP contribution in [0.3, 0.4) is 0 Å². The summed E-state index contributed by atoms with van der Waals surface area (Å²) in [5.74, 6) is 0.0912. The minimum absolute atomic E-state index is 0.0912. The van der Waals surface area contributed by atoms with Gasteiger partial charge in [0, 0.05) is 19.7 Å². The fraction of sp³-hybridized carbons (Fsp3) is 0.333. The van der Waals surface area contributed by atoms with Gasteiger partial charge in [0.2, 0.25) is 0 Å². The smallest absolute Gasteiger partial charge is 0.187 e. The molecular formula is C15H16N2O. The van der Waals surface area contributed by atoms with Crippen LogP contribution < -0.4 is 0 Å². The normalized spacial score (nSPS) is 13.6. The Bertz CT molecular complexity index is 598. The molecule has 1 aromatic heterocycles. The summed E-state index contributed by atoms with van der Waals surface area (Å²) < 4.78 is 1.66. The fourth-order valence-corrected chi connectivity index (χ4v) is 2.57. The summed E-state index contributed by atoms with van der Waals surface area (Å²) in [6.07, 6.45) is 5.83. The van der Waals surface area contributed by atoms with Gasteiger partial charge < -0.3 is 0 Å². The lowest BCUT2D eigenvalue weighted by Crippen LogP contribution is -2.05. The number of rotatable bonds is 3. The first-order chi connectivity index (χ1) is 8.72. The van der Waals surface area contributed by atoms with Gasteiger partial charge in [-0.2, -0.15) is 5.10 Å². The van der Waals surface area contributed by atoms with Crippen molar-refractivity contribution in [2.75, 3.05) is 0 Å². The molecule has 0 atom stereocenters. The van der Waals surface area contributed by atoms with Gasteiger partial charge in [0.1, 0.15) is 5.69 Å². The Morgan fingerprint density at radius 1 is 1.28 bits per heavy atom. The first-order valence-electron chi connectivity index (χ1n) is 6.36. The number of aryl methyl sites for hydroxylation is 3. The van der Waals surface area contributed by atoms with E-state index in [9.17, 15) is 4.79 Å². The van der Waals surface area contributed by atoms with E-state index in [4.69, 9.17) is 0 Å². The molecular weight excluding hydrogens is 224 g/mol. The zero-order chi connectivity index (χ0) is 12.5. The Balaban J connectivity index is 1.78. The molecule has 3 nitrogen and oxygen atoms in total. The predicted octanol–water partition coefficient (Wildman–Crippen LogP) is 2.33. The Kier molecular flexibility index (Phi) is 2.74. The lowest BCUT2D eigenvalue weighted by molar-refractivity contribution is 0.0987. The zero-order valence-corrected chi connectivity index (χ0v) is 10.5. The van der Waals surface area contributed by atoms with Crippen LogP contribution in [0.15, 0.2) is 30.5 Å². The lowest BCUT2D eigenvalue weighted by Gasteiger charge is -2.03. The van der Waals surface area contributed by atoms with E-state index in [-0.39, 0.29) is 5.78 Å². The highest BCUT2D eigenvalue weighted by atomic mass is 16.1. The Hall–Kier alpha value is -1.90. The van der Waals surface area contributed by atoms with Gasteiger partial charge in [0.15, 0.2) is 5.78 Å². The fourth-order valence-electron chi connectivity index (χ4n) is 2.57. The van der Waals surface area contributed by atoms with E-state index < -0.39 is 0 Å². The van der Waals surface area contributed by atoms with Gasteiger partial charge in [0.25, 0.3) is 0 Å². The highest BCUT2D eigenvalue weighted by molar-refractivity contribution is 5.95. The lowest BCUT2D eigenvalue weighted by atomic mass is 10.0. The van der Waals surface area contributed by atoms with Crippen LogP contribution in [0.1, 0.15) is 33.6 Å². The Morgan fingerprint density at radius 3 is 2.89 bits per heavy atom. The summed E-state index contributed by atoms with van der Waals surface area (Å²) in [7, 11) is 1.83. The molecule has 0 unspecified atom stereocenters. The second-order valence-electron chi connectivity index (χ2n) is 4.93. The molecule has 1 aromatic carbocycles. The molecule has 1 aliphatic rings. The molecule has 92 valence electrons. The SMILES string of the molecule is Cn1ccc(C(=O)Cc2ccc3c(c2)CCC3)n1. The molecule has 2 aromatic rings. The van der Waals surface area contributed by atoms with Crippen molar-refractivity contribution in [2.45, 2.75) is 25.7 Å². The van der Waals surface area contributed by atoms with Crippen molar-refractivity contribution in [2.24, 2.45) is 7.05 Å². The van der Waals surface area contributed by atoms with Crippen molar-refractivity contribution in [1.29, 1.82) is 0 Å².